The van der Waals surface area contributed by atoms with Gasteiger partial charge in [-0.3, -0.25) is 4.79 Å². The average molecular weight is 416 g/mol. The lowest BCUT2D eigenvalue weighted by Crippen LogP contribution is -2.24. The maximum Gasteiger partial charge on any atom is 0.227 e. The van der Waals surface area contributed by atoms with Gasteiger partial charge in [-0.1, -0.05) is 35.0 Å². The minimum Gasteiger partial charge on any atom is -0.496 e. The van der Waals surface area contributed by atoms with Gasteiger partial charge in [-0.05, 0) is 36.2 Å². The van der Waals surface area contributed by atoms with E-state index < -0.39 is 5.82 Å². The number of hydrogen-bond donors (Lipinski definition) is 0. The summed E-state index contributed by atoms with van der Waals surface area (Å²) in [4.78, 5) is 18.5. The molecular weight excluding hydrogens is 397 g/mol. The van der Waals surface area contributed by atoms with Crippen LogP contribution in [-0.2, 0) is 17.6 Å². The predicted molar refractivity (Wildman–Crippen MR) is 106 cm³/mol. The van der Waals surface area contributed by atoms with Crippen molar-refractivity contribution in [2.45, 2.75) is 25.2 Å². The number of halogens is 2. The third-order valence-electron chi connectivity index (χ3n) is 4.99. The molecule has 1 unspecified atom stereocenters. The van der Waals surface area contributed by atoms with Gasteiger partial charge in [0.1, 0.15) is 11.6 Å². The van der Waals surface area contributed by atoms with Crippen molar-refractivity contribution in [1.82, 2.24) is 10.1 Å². The Labute approximate surface area is 172 Å². The van der Waals surface area contributed by atoms with Gasteiger partial charge in [0.25, 0.3) is 0 Å². The van der Waals surface area contributed by atoms with Crippen molar-refractivity contribution in [2.75, 3.05) is 18.6 Å². The zero-order valence-electron chi connectivity index (χ0n) is 15.8. The largest absolute Gasteiger partial charge is 0.496 e. The van der Waals surface area contributed by atoms with Gasteiger partial charge >= 0.3 is 0 Å². The van der Waals surface area contributed by atoms with Gasteiger partial charge in [-0.25, -0.2) is 4.39 Å². The molecule has 0 spiro atoms. The van der Waals surface area contributed by atoms with Crippen LogP contribution in [0.2, 0.25) is 5.02 Å². The fourth-order valence-electron chi connectivity index (χ4n) is 3.47. The first kappa shape index (κ1) is 19.4. The molecule has 29 heavy (non-hydrogen) atoms. The molecule has 8 heteroatoms. The molecule has 150 valence electrons. The molecule has 6 nitrogen and oxygen atoms in total. The van der Waals surface area contributed by atoms with Crippen LogP contribution in [0.25, 0.3) is 0 Å². The van der Waals surface area contributed by atoms with E-state index in [1.54, 1.807) is 12.0 Å². The molecule has 1 aromatic heterocycles. The Bertz CT molecular complexity index is 1040. The Morgan fingerprint density at radius 1 is 1.28 bits per heavy atom. The Hall–Kier alpha value is -2.93. The van der Waals surface area contributed by atoms with Crippen molar-refractivity contribution in [3.05, 3.63) is 70.6 Å². The summed E-state index contributed by atoms with van der Waals surface area (Å²) in [7, 11) is 1.64. The zero-order valence-corrected chi connectivity index (χ0v) is 16.5. The Morgan fingerprint density at radius 3 is 2.90 bits per heavy atom. The molecule has 0 saturated carbocycles. The number of rotatable bonds is 6. The van der Waals surface area contributed by atoms with Crippen LogP contribution >= 0.6 is 11.6 Å². The summed E-state index contributed by atoms with van der Waals surface area (Å²) in [6.07, 6.45) is 1.54. The molecule has 1 aliphatic heterocycles. The number of aryl methyl sites for hydroxylation is 2. The highest BCUT2D eigenvalue weighted by Crippen LogP contribution is 2.32. The molecule has 2 heterocycles. The van der Waals surface area contributed by atoms with Crippen LogP contribution in [0.4, 0.5) is 10.1 Å². The van der Waals surface area contributed by atoms with Crippen LogP contribution in [0, 0.1) is 5.82 Å². The lowest BCUT2D eigenvalue weighted by Gasteiger charge is -2.16. The molecular formula is C21H19ClFN3O3. The highest BCUT2D eigenvalue weighted by Gasteiger charge is 2.34. The highest BCUT2D eigenvalue weighted by molar-refractivity contribution is 6.31. The Kier molecular flexibility index (Phi) is 5.49. The molecule has 0 radical (unpaired) electrons. The molecule has 1 amide bonds. The molecule has 3 aromatic rings. The van der Waals surface area contributed by atoms with Crippen molar-refractivity contribution in [3.8, 4) is 5.75 Å². The van der Waals surface area contributed by atoms with Crippen molar-refractivity contribution < 1.29 is 18.4 Å². The van der Waals surface area contributed by atoms with Crippen LogP contribution in [0.3, 0.4) is 0 Å². The van der Waals surface area contributed by atoms with Crippen molar-refractivity contribution in [1.29, 1.82) is 0 Å². The van der Waals surface area contributed by atoms with Gasteiger partial charge in [-0.15, -0.1) is 0 Å². The van der Waals surface area contributed by atoms with Gasteiger partial charge in [0, 0.05) is 31.0 Å². The summed E-state index contributed by atoms with van der Waals surface area (Å²) in [6.45, 7) is 0.395. The first-order chi connectivity index (χ1) is 14.0. The SMILES string of the molecule is COc1ccccc1CCc1nc(C2CC(=O)N(c3ccc(F)c(Cl)c3)C2)no1. The number of anilines is 1. The Balaban J connectivity index is 1.43. The summed E-state index contributed by atoms with van der Waals surface area (Å²) in [5.74, 6) is 1.05. The number of carbonyl (C=O) groups excluding carboxylic acids is 1. The third kappa shape index (κ3) is 4.10. The number of carbonyl (C=O) groups is 1. The van der Waals surface area contributed by atoms with Crippen LogP contribution in [0.1, 0.15) is 29.6 Å². The van der Waals surface area contributed by atoms with E-state index >= 15 is 0 Å². The van der Waals surface area contributed by atoms with Crippen molar-refractivity contribution >= 4 is 23.2 Å². The molecule has 2 aromatic carbocycles. The average Bonchev–Trinajstić information content (AvgIpc) is 3.35. The van der Waals surface area contributed by atoms with Gasteiger partial charge in [0.2, 0.25) is 11.8 Å². The second-order valence-corrected chi connectivity index (χ2v) is 7.27. The first-order valence-corrected chi connectivity index (χ1v) is 9.62. The first-order valence-electron chi connectivity index (χ1n) is 9.25. The lowest BCUT2D eigenvalue weighted by atomic mass is 10.1. The van der Waals surface area contributed by atoms with Gasteiger partial charge in [-0.2, -0.15) is 4.98 Å². The van der Waals surface area contributed by atoms with E-state index in [-0.39, 0.29) is 23.3 Å². The molecule has 1 saturated heterocycles. The monoisotopic (exact) mass is 415 g/mol. The minimum absolute atomic E-state index is 0.0167. The molecule has 1 atom stereocenters. The molecule has 0 aliphatic carbocycles. The molecule has 0 bridgehead atoms. The van der Waals surface area contributed by atoms with E-state index in [1.165, 1.54) is 18.2 Å². The van der Waals surface area contributed by atoms with E-state index in [9.17, 15) is 9.18 Å². The number of aromatic nitrogens is 2. The van der Waals surface area contributed by atoms with E-state index in [0.29, 0.717) is 36.8 Å². The van der Waals surface area contributed by atoms with Crippen molar-refractivity contribution in [3.63, 3.8) is 0 Å². The van der Waals surface area contributed by atoms with Crippen LogP contribution < -0.4 is 9.64 Å². The lowest BCUT2D eigenvalue weighted by molar-refractivity contribution is -0.117. The zero-order chi connectivity index (χ0) is 20.4. The second kappa shape index (κ2) is 8.21. The quantitative estimate of drug-likeness (QED) is 0.604. The number of ether oxygens (including phenoxy) is 1. The molecule has 1 fully saturated rings. The number of para-hydroxylation sites is 1. The van der Waals surface area contributed by atoms with Gasteiger partial charge in [0.15, 0.2) is 5.82 Å². The Morgan fingerprint density at radius 2 is 2.10 bits per heavy atom. The normalized spacial score (nSPS) is 16.4. The van der Waals surface area contributed by atoms with Crippen LogP contribution in [0.5, 0.6) is 5.75 Å². The molecule has 4 rings (SSSR count). The number of nitrogens with zero attached hydrogens (tertiary/aromatic N) is 3. The fourth-order valence-corrected chi connectivity index (χ4v) is 3.64. The van der Waals surface area contributed by atoms with E-state index in [0.717, 1.165) is 11.3 Å². The number of hydrogen-bond acceptors (Lipinski definition) is 5. The van der Waals surface area contributed by atoms with Crippen LogP contribution in [0.15, 0.2) is 47.0 Å². The van der Waals surface area contributed by atoms with E-state index in [4.69, 9.17) is 20.9 Å². The van der Waals surface area contributed by atoms with E-state index in [2.05, 4.69) is 10.1 Å². The number of benzene rings is 2. The van der Waals surface area contributed by atoms with Crippen LogP contribution in [-0.4, -0.2) is 29.7 Å². The standard InChI is InChI=1S/C21H19ClFN3O3/c1-28-18-5-3-2-4-13(18)6-9-19-24-21(25-29-19)14-10-20(27)26(12-14)15-7-8-17(23)16(22)11-15/h2-5,7-8,11,14H,6,9-10,12H2,1H3. The number of amides is 1. The fraction of sp³-hybridized carbons (Fsp3) is 0.286. The van der Waals surface area contributed by atoms with E-state index in [1.807, 2.05) is 24.3 Å². The summed E-state index contributed by atoms with van der Waals surface area (Å²) < 4.78 is 24.1. The highest BCUT2D eigenvalue weighted by atomic mass is 35.5. The maximum atomic E-state index is 13.4. The summed E-state index contributed by atoms with van der Waals surface area (Å²) >= 11 is 5.84. The van der Waals surface area contributed by atoms with Gasteiger partial charge < -0.3 is 14.2 Å². The summed E-state index contributed by atoms with van der Waals surface area (Å²) in [5, 5.41) is 4.05. The number of methoxy groups -OCH3 is 1. The van der Waals surface area contributed by atoms with Gasteiger partial charge in [0.05, 0.1) is 12.1 Å². The maximum absolute atomic E-state index is 13.4. The minimum atomic E-state index is -0.517. The molecule has 0 N–H and O–H groups in total. The third-order valence-corrected chi connectivity index (χ3v) is 5.28. The topological polar surface area (TPSA) is 68.5 Å². The summed E-state index contributed by atoms with van der Waals surface area (Å²) in [5.41, 5.74) is 1.62. The molecule has 1 aliphatic rings. The summed E-state index contributed by atoms with van der Waals surface area (Å²) in [6, 6.07) is 12.0. The predicted octanol–water partition coefficient (Wildman–Crippen LogP) is 4.18. The van der Waals surface area contributed by atoms with Crippen molar-refractivity contribution in [2.24, 2.45) is 0 Å². The second-order valence-electron chi connectivity index (χ2n) is 6.86. The smallest absolute Gasteiger partial charge is 0.227 e.